The minimum Gasteiger partial charge on any atom is -0.321 e. The molecule has 0 fully saturated rings. The Morgan fingerprint density at radius 3 is 2.34 bits per heavy atom. The molecule has 0 unspecified atom stereocenters. The van der Waals surface area contributed by atoms with Gasteiger partial charge in [0.2, 0.25) is 0 Å². The Labute approximate surface area is 181 Å². The van der Waals surface area contributed by atoms with Crippen LogP contribution in [-0.4, -0.2) is 16.8 Å². The van der Waals surface area contributed by atoms with Gasteiger partial charge in [0.25, 0.3) is 11.8 Å². The lowest BCUT2D eigenvalue weighted by atomic mass is 10.0. The molecule has 4 rings (SSSR count). The molecule has 2 amide bonds. The Morgan fingerprint density at radius 2 is 1.52 bits per heavy atom. The van der Waals surface area contributed by atoms with E-state index in [1.165, 1.54) is 0 Å². The van der Waals surface area contributed by atoms with Crippen molar-refractivity contribution >= 4 is 56.7 Å². The van der Waals surface area contributed by atoms with Crippen LogP contribution in [0.2, 0.25) is 0 Å². The molecular weight excluding hydrogens is 477 g/mol. The van der Waals surface area contributed by atoms with Crippen LogP contribution in [-0.2, 0) is 0 Å². The van der Waals surface area contributed by atoms with E-state index in [2.05, 4.69) is 38.2 Å². The van der Waals surface area contributed by atoms with Crippen molar-refractivity contribution in [1.82, 2.24) is 4.98 Å². The number of carbonyl (C=O) groups excluding carboxylic acids is 2. The Morgan fingerprint density at radius 1 is 0.759 bits per heavy atom. The summed E-state index contributed by atoms with van der Waals surface area (Å²) in [5.41, 5.74) is 1.37. The highest BCUT2D eigenvalue weighted by atomic mass is 127. The van der Waals surface area contributed by atoms with Crippen molar-refractivity contribution in [2.45, 2.75) is 0 Å². The lowest BCUT2D eigenvalue weighted by molar-refractivity contribution is 0.102. The molecule has 142 valence electrons. The molecule has 29 heavy (non-hydrogen) atoms. The number of nitrogens with zero attached hydrogens (tertiary/aromatic N) is 1. The van der Waals surface area contributed by atoms with E-state index in [1.807, 2.05) is 42.5 Å². The maximum Gasteiger partial charge on any atom is 0.258 e. The summed E-state index contributed by atoms with van der Waals surface area (Å²) >= 11 is 2.13. The van der Waals surface area contributed by atoms with Crippen LogP contribution in [0, 0.1) is 3.57 Å². The molecule has 1 aromatic heterocycles. The van der Waals surface area contributed by atoms with Crippen LogP contribution < -0.4 is 10.6 Å². The first-order valence-electron chi connectivity index (χ1n) is 8.93. The van der Waals surface area contributed by atoms with Crippen LogP contribution in [0.3, 0.4) is 0 Å². The predicted octanol–water partition coefficient (Wildman–Crippen LogP) is 5.34. The van der Waals surface area contributed by atoms with Gasteiger partial charge in [0.15, 0.2) is 0 Å². The van der Waals surface area contributed by atoms with E-state index < -0.39 is 0 Å². The fourth-order valence-electron chi connectivity index (χ4n) is 3.05. The third-order valence-corrected chi connectivity index (χ3v) is 5.09. The number of aromatic nitrogens is 1. The highest BCUT2D eigenvalue weighted by Gasteiger charge is 2.17. The van der Waals surface area contributed by atoms with Crippen LogP contribution in [0.25, 0.3) is 10.8 Å². The summed E-state index contributed by atoms with van der Waals surface area (Å²) in [4.78, 5) is 29.9. The van der Waals surface area contributed by atoms with E-state index in [9.17, 15) is 9.59 Å². The van der Waals surface area contributed by atoms with Gasteiger partial charge in [-0.15, -0.1) is 0 Å². The van der Waals surface area contributed by atoms with Gasteiger partial charge in [0.1, 0.15) is 5.82 Å². The van der Waals surface area contributed by atoms with Crippen LogP contribution in [0.4, 0.5) is 11.5 Å². The largest absolute Gasteiger partial charge is 0.321 e. The van der Waals surface area contributed by atoms with Gasteiger partial charge in [-0.25, -0.2) is 4.98 Å². The number of fused-ring (bicyclic) bond motifs is 1. The summed E-state index contributed by atoms with van der Waals surface area (Å²) in [6.07, 6.45) is 1.60. The predicted molar refractivity (Wildman–Crippen MR) is 123 cm³/mol. The fourth-order valence-corrected chi connectivity index (χ4v) is 3.54. The molecule has 0 bridgehead atoms. The quantitative estimate of drug-likeness (QED) is 0.377. The average molecular weight is 493 g/mol. The Kier molecular flexibility index (Phi) is 5.53. The van der Waals surface area contributed by atoms with Gasteiger partial charge in [-0.1, -0.05) is 42.5 Å². The number of hydrogen-bond acceptors (Lipinski definition) is 3. The summed E-state index contributed by atoms with van der Waals surface area (Å²) in [6, 6.07) is 23.9. The van der Waals surface area contributed by atoms with Crippen LogP contribution >= 0.6 is 22.6 Å². The van der Waals surface area contributed by atoms with Gasteiger partial charge < -0.3 is 10.6 Å². The summed E-state index contributed by atoms with van der Waals surface area (Å²) in [7, 11) is 0. The Hall–Kier alpha value is -3.26. The van der Waals surface area contributed by atoms with Crippen LogP contribution in [0.15, 0.2) is 85.1 Å². The summed E-state index contributed by atoms with van der Waals surface area (Å²) < 4.78 is 0.886. The zero-order valence-electron chi connectivity index (χ0n) is 15.2. The molecule has 2 N–H and O–H groups in total. The third-order valence-electron chi connectivity index (χ3n) is 4.42. The van der Waals surface area contributed by atoms with Crippen molar-refractivity contribution in [2.75, 3.05) is 10.6 Å². The number of amides is 2. The zero-order chi connectivity index (χ0) is 20.2. The molecule has 0 saturated heterocycles. The standard InChI is InChI=1S/C23H16IN3O2/c24-16-11-12-20(19(14-16)23(29)27-21-10-3-4-13-25-21)26-22(28)18-9-5-7-15-6-1-2-8-17(15)18/h1-14H,(H,26,28)(H,25,27,29). The topological polar surface area (TPSA) is 71.1 Å². The van der Waals surface area contributed by atoms with Crippen molar-refractivity contribution in [3.63, 3.8) is 0 Å². The van der Waals surface area contributed by atoms with E-state index in [4.69, 9.17) is 0 Å². The SMILES string of the molecule is O=C(Nc1ccccn1)c1cc(I)ccc1NC(=O)c1cccc2ccccc12. The molecule has 3 aromatic carbocycles. The first-order chi connectivity index (χ1) is 14.1. The van der Waals surface area contributed by atoms with Crippen molar-refractivity contribution in [1.29, 1.82) is 0 Å². The van der Waals surface area contributed by atoms with Crippen LogP contribution in [0.5, 0.6) is 0 Å². The second kappa shape index (κ2) is 8.40. The summed E-state index contributed by atoms with van der Waals surface area (Å²) in [6.45, 7) is 0. The molecule has 0 radical (unpaired) electrons. The van der Waals surface area contributed by atoms with E-state index in [0.717, 1.165) is 14.3 Å². The van der Waals surface area contributed by atoms with Crippen molar-refractivity contribution < 1.29 is 9.59 Å². The van der Waals surface area contributed by atoms with Gasteiger partial charge >= 0.3 is 0 Å². The lowest BCUT2D eigenvalue weighted by Crippen LogP contribution is -2.19. The number of hydrogen-bond donors (Lipinski definition) is 2. The number of carbonyl (C=O) groups is 2. The molecule has 0 aliphatic carbocycles. The Balaban J connectivity index is 1.65. The summed E-state index contributed by atoms with van der Waals surface area (Å²) in [5.74, 6) is -0.159. The first-order valence-corrected chi connectivity index (χ1v) is 10.0. The van der Waals surface area contributed by atoms with E-state index >= 15 is 0 Å². The molecular formula is C23H16IN3O2. The molecule has 0 aliphatic heterocycles. The van der Waals surface area contributed by atoms with Crippen molar-refractivity contribution in [3.05, 3.63) is 99.8 Å². The molecule has 1 heterocycles. The van der Waals surface area contributed by atoms with E-state index in [-0.39, 0.29) is 11.8 Å². The maximum atomic E-state index is 13.0. The maximum absolute atomic E-state index is 13.0. The van der Waals surface area contributed by atoms with Crippen molar-refractivity contribution in [2.24, 2.45) is 0 Å². The third kappa shape index (κ3) is 4.27. The molecule has 4 aromatic rings. The van der Waals surface area contributed by atoms with Gasteiger partial charge in [0, 0.05) is 15.3 Å². The number of anilines is 2. The molecule has 6 heteroatoms. The minimum atomic E-state index is -0.338. The normalized spacial score (nSPS) is 10.5. The number of halogens is 1. The number of pyridine rings is 1. The first kappa shape index (κ1) is 19.1. The summed E-state index contributed by atoms with van der Waals surface area (Å²) in [5, 5.41) is 7.49. The number of benzene rings is 3. The molecule has 0 aliphatic rings. The molecule has 5 nitrogen and oxygen atoms in total. The average Bonchev–Trinajstić information content (AvgIpc) is 2.75. The second-order valence-electron chi connectivity index (χ2n) is 6.34. The minimum absolute atomic E-state index is 0.269. The second-order valence-corrected chi connectivity index (χ2v) is 7.59. The van der Waals surface area contributed by atoms with Gasteiger partial charge in [-0.05, 0) is 69.8 Å². The highest BCUT2D eigenvalue weighted by Crippen LogP contribution is 2.23. The molecule has 0 atom stereocenters. The lowest BCUT2D eigenvalue weighted by Gasteiger charge is -2.13. The van der Waals surface area contributed by atoms with E-state index in [0.29, 0.717) is 22.6 Å². The molecule has 0 saturated carbocycles. The monoisotopic (exact) mass is 493 g/mol. The van der Waals surface area contributed by atoms with Gasteiger partial charge in [-0.2, -0.15) is 0 Å². The van der Waals surface area contributed by atoms with E-state index in [1.54, 1.807) is 42.6 Å². The van der Waals surface area contributed by atoms with Crippen LogP contribution in [0.1, 0.15) is 20.7 Å². The number of rotatable bonds is 4. The van der Waals surface area contributed by atoms with Crippen molar-refractivity contribution in [3.8, 4) is 0 Å². The Bertz CT molecular complexity index is 1200. The number of nitrogens with one attached hydrogen (secondary N) is 2. The van der Waals surface area contributed by atoms with Gasteiger partial charge in [-0.3, -0.25) is 9.59 Å². The zero-order valence-corrected chi connectivity index (χ0v) is 17.4. The van der Waals surface area contributed by atoms with Gasteiger partial charge in [0.05, 0.1) is 11.3 Å². The fraction of sp³-hybridized carbons (Fsp3) is 0. The smallest absolute Gasteiger partial charge is 0.258 e. The molecule has 0 spiro atoms. The highest BCUT2D eigenvalue weighted by molar-refractivity contribution is 14.1.